The summed E-state index contributed by atoms with van der Waals surface area (Å²) in [4.78, 5) is 35.8. The van der Waals surface area contributed by atoms with E-state index >= 15 is 0 Å². The Balaban J connectivity index is 1.35. The standard InChI is InChI=1S/C29H40N4O2/c34-25-14-9-17-31(20-25)28-29(35)33(27-16-7-6-15-26(27)30-28)24-18-22-12-8-13-23(19-24)32(22)21-10-4-2-1-3-5-11-21/h6-7,15-16,21-24H,1-5,8-14,17-20H2/t22-,23+,24?. The summed E-state index contributed by atoms with van der Waals surface area (Å²) >= 11 is 0. The Morgan fingerprint density at radius 2 is 1.43 bits per heavy atom. The van der Waals surface area contributed by atoms with Gasteiger partial charge in [0.2, 0.25) is 0 Å². The van der Waals surface area contributed by atoms with Gasteiger partial charge < -0.3 is 9.47 Å². The molecule has 0 amide bonds. The van der Waals surface area contributed by atoms with Crippen LogP contribution in [0.4, 0.5) is 5.82 Å². The van der Waals surface area contributed by atoms with Crippen LogP contribution in [-0.2, 0) is 4.79 Å². The van der Waals surface area contributed by atoms with E-state index in [1.807, 2.05) is 23.1 Å². The Morgan fingerprint density at radius 3 is 2.17 bits per heavy atom. The van der Waals surface area contributed by atoms with E-state index in [0.717, 1.165) is 42.9 Å². The molecule has 0 N–H and O–H groups in total. The highest BCUT2D eigenvalue weighted by molar-refractivity contribution is 5.85. The first-order valence-electron chi connectivity index (χ1n) is 14.2. The molecular weight excluding hydrogens is 436 g/mol. The van der Waals surface area contributed by atoms with Crippen molar-refractivity contribution >= 4 is 22.6 Å². The van der Waals surface area contributed by atoms with Gasteiger partial charge in [-0.1, -0.05) is 50.7 Å². The highest BCUT2D eigenvalue weighted by Crippen LogP contribution is 2.42. The molecule has 6 rings (SSSR count). The first kappa shape index (κ1) is 23.2. The average molecular weight is 477 g/mol. The van der Waals surface area contributed by atoms with Crippen molar-refractivity contribution in [2.45, 2.75) is 114 Å². The van der Waals surface area contributed by atoms with Gasteiger partial charge in [-0.25, -0.2) is 4.98 Å². The molecule has 1 aromatic heterocycles. The first-order valence-corrected chi connectivity index (χ1v) is 14.2. The molecule has 4 fully saturated rings. The zero-order valence-corrected chi connectivity index (χ0v) is 21.0. The molecule has 1 unspecified atom stereocenters. The summed E-state index contributed by atoms with van der Waals surface area (Å²) in [5.41, 5.74) is 1.82. The zero-order valence-electron chi connectivity index (χ0n) is 21.0. The number of carbonyl (C=O) groups excluding carboxylic acids is 1. The molecule has 2 bridgehead atoms. The van der Waals surface area contributed by atoms with Gasteiger partial charge in [0.05, 0.1) is 17.6 Å². The lowest BCUT2D eigenvalue weighted by Gasteiger charge is -2.53. The zero-order chi connectivity index (χ0) is 23.8. The quantitative estimate of drug-likeness (QED) is 0.607. The average Bonchev–Trinajstić information content (AvgIpc) is 2.83. The van der Waals surface area contributed by atoms with Crippen molar-refractivity contribution in [1.82, 2.24) is 14.5 Å². The van der Waals surface area contributed by atoms with Crippen molar-refractivity contribution in [1.29, 1.82) is 0 Å². The van der Waals surface area contributed by atoms with Crippen LogP contribution in [0.25, 0.3) is 11.0 Å². The molecule has 1 saturated carbocycles. The molecule has 0 radical (unpaired) electrons. The highest BCUT2D eigenvalue weighted by atomic mass is 16.1. The van der Waals surface area contributed by atoms with E-state index in [4.69, 9.17) is 4.98 Å². The normalized spacial score (nSPS) is 29.2. The van der Waals surface area contributed by atoms with Crippen molar-refractivity contribution in [2.24, 2.45) is 0 Å². The van der Waals surface area contributed by atoms with Gasteiger partial charge in [0.25, 0.3) is 5.56 Å². The molecule has 4 aliphatic rings. The summed E-state index contributed by atoms with van der Waals surface area (Å²) in [6.45, 7) is 1.05. The monoisotopic (exact) mass is 476 g/mol. The minimum Gasteiger partial charge on any atom is -0.345 e. The maximum atomic E-state index is 14.0. The maximum absolute atomic E-state index is 14.0. The van der Waals surface area contributed by atoms with Crippen LogP contribution >= 0.6 is 0 Å². The van der Waals surface area contributed by atoms with Crippen LogP contribution in [0.15, 0.2) is 29.1 Å². The van der Waals surface area contributed by atoms with E-state index in [1.54, 1.807) is 0 Å². The van der Waals surface area contributed by atoms with E-state index in [2.05, 4.69) is 15.5 Å². The van der Waals surface area contributed by atoms with Crippen molar-refractivity contribution in [3.8, 4) is 0 Å². The molecular formula is C29H40N4O2. The van der Waals surface area contributed by atoms with Gasteiger partial charge in [-0.3, -0.25) is 14.5 Å². The number of rotatable bonds is 3. The largest absolute Gasteiger partial charge is 0.345 e. The van der Waals surface area contributed by atoms with E-state index < -0.39 is 0 Å². The summed E-state index contributed by atoms with van der Waals surface area (Å²) in [6.07, 6.45) is 17.0. The van der Waals surface area contributed by atoms with E-state index in [1.165, 1.54) is 64.2 Å². The Hall–Kier alpha value is -2.21. The van der Waals surface area contributed by atoms with Crippen LogP contribution in [0.1, 0.15) is 95.9 Å². The fraction of sp³-hybridized carbons (Fsp3) is 0.690. The molecule has 6 heteroatoms. The molecule has 1 aliphatic carbocycles. The van der Waals surface area contributed by atoms with Gasteiger partial charge in [0.15, 0.2) is 11.6 Å². The summed E-state index contributed by atoms with van der Waals surface area (Å²) in [5.74, 6) is 0.684. The first-order chi connectivity index (χ1) is 17.2. The number of nitrogens with zero attached hydrogens (tertiary/aromatic N) is 4. The summed E-state index contributed by atoms with van der Waals surface area (Å²) in [5, 5.41) is 0. The summed E-state index contributed by atoms with van der Waals surface area (Å²) in [7, 11) is 0. The molecule has 3 saturated heterocycles. The summed E-state index contributed by atoms with van der Waals surface area (Å²) < 4.78 is 2.08. The lowest BCUT2D eigenvalue weighted by Crippen LogP contribution is -2.57. The van der Waals surface area contributed by atoms with E-state index in [0.29, 0.717) is 30.9 Å². The van der Waals surface area contributed by atoms with Gasteiger partial charge in [-0.05, 0) is 57.1 Å². The predicted molar refractivity (Wildman–Crippen MR) is 140 cm³/mol. The van der Waals surface area contributed by atoms with Crippen molar-refractivity contribution in [3.63, 3.8) is 0 Å². The lowest BCUT2D eigenvalue weighted by atomic mass is 9.79. The van der Waals surface area contributed by atoms with E-state index in [9.17, 15) is 9.59 Å². The van der Waals surface area contributed by atoms with Gasteiger partial charge in [0.1, 0.15) is 0 Å². The number of para-hydroxylation sites is 2. The molecule has 0 spiro atoms. The number of anilines is 1. The number of fused-ring (bicyclic) bond motifs is 3. The molecule has 2 aromatic rings. The second kappa shape index (κ2) is 10.0. The number of piperidine rings is 3. The highest BCUT2D eigenvalue weighted by Gasteiger charge is 2.42. The van der Waals surface area contributed by atoms with Crippen LogP contribution in [0.2, 0.25) is 0 Å². The number of aromatic nitrogens is 2. The van der Waals surface area contributed by atoms with Gasteiger partial charge in [0, 0.05) is 37.1 Å². The van der Waals surface area contributed by atoms with Crippen LogP contribution in [0, 0.1) is 0 Å². The molecule has 35 heavy (non-hydrogen) atoms. The maximum Gasteiger partial charge on any atom is 0.294 e. The van der Waals surface area contributed by atoms with Gasteiger partial charge >= 0.3 is 0 Å². The fourth-order valence-corrected chi connectivity index (χ4v) is 7.66. The van der Waals surface area contributed by atoms with Crippen LogP contribution < -0.4 is 10.5 Å². The minimum absolute atomic E-state index is 0.000812. The van der Waals surface area contributed by atoms with Gasteiger partial charge in [-0.15, -0.1) is 0 Å². The van der Waals surface area contributed by atoms with Crippen molar-refractivity contribution < 1.29 is 4.79 Å². The van der Waals surface area contributed by atoms with Crippen LogP contribution in [-0.4, -0.2) is 51.4 Å². The Bertz CT molecular complexity index is 1110. The number of carbonyl (C=O) groups is 1. The minimum atomic E-state index is 0.000812. The van der Waals surface area contributed by atoms with E-state index in [-0.39, 0.29) is 17.4 Å². The lowest BCUT2D eigenvalue weighted by molar-refractivity contribution is -0.118. The number of ketones is 1. The number of hydrogen-bond donors (Lipinski definition) is 0. The predicted octanol–water partition coefficient (Wildman–Crippen LogP) is 5.24. The fourth-order valence-electron chi connectivity index (χ4n) is 7.66. The molecule has 6 nitrogen and oxygen atoms in total. The van der Waals surface area contributed by atoms with Crippen molar-refractivity contribution in [3.05, 3.63) is 34.6 Å². The Morgan fingerprint density at radius 1 is 0.743 bits per heavy atom. The van der Waals surface area contributed by atoms with Crippen LogP contribution in [0.5, 0.6) is 0 Å². The Labute approximate surface area is 208 Å². The SMILES string of the molecule is O=C1CCCN(c2nc3ccccc3n(C3C[C@H]4CCC[C@@H](C3)N4C3CCCCCCC3)c2=O)C1. The number of hydrogen-bond acceptors (Lipinski definition) is 5. The second-order valence-corrected chi connectivity index (χ2v) is 11.5. The second-order valence-electron chi connectivity index (χ2n) is 11.5. The third kappa shape index (κ3) is 4.54. The smallest absolute Gasteiger partial charge is 0.294 e. The third-order valence-corrected chi connectivity index (χ3v) is 9.20. The number of benzene rings is 1. The van der Waals surface area contributed by atoms with Crippen LogP contribution in [0.3, 0.4) is 0 Å². The molecule has 3 atom stereocenters. The molecule has 3 aliphatic heterocycles. The Kier molecular flexibility index (Phi) is 6.66. The van der Waals surface area contributed by atoms with Crippen molar-refractivity contribution in [2.75, 3.05) is 18.0 Å². The summed E-state index contributed by atoms with van der Waals surface area (Å²) in [6, 6.07) is 10.2. The molecule has 188 valence electrons. The molecule has 1 aromatic carbocycles. The van der Waals surface area contributed by atoms with Gasteiger partial charge in [-0.2, -0.15) is 0 Å². The molecule has 4 heterocycles. The number of Topliss-reactive ketones (excluding diaryl/α,β-unsaturated/α-hetero) is 1. The third-order valence-electron chi connectivity index (χ3n) is 9.20. The topological polar surface area (TPSA) is 58.4 Å².